The predicted octanol–water partition coefficient (Wildman–Crippen LogP) is 5.90. The van der Waals surface area contributed by atoms with Crippen LogP contribution in [0.5, 0.6) is 0 Å². The highest BCUT2D eigenvalue weighted by Crippen LogP contribution is 2.56. The highest BCUT2D eigenvalue weighted by atomic mass is 32.2. The number of aryl methyl sites for hydroxylation is 1. The number of fused-ring (bicyclic) bond motifs is 1. The van der Waals surface area contributed by atoms with Crippen molar-refractivity contribution >= 4 is 20.6 Å². The summed E-state index contributed by atoms with van der Waals surface area (Å²) >= 11 is 0. The molecular formula is C15H16F3S+. The van der Waals surface area contributed by atoms with Crippen molar-refractivity contribution in [3.05, 3.63) is 34.7 Å². The van der Waals surface area contributed by atoms with Gasteiger partial charge in [0.2, 0.25) is 0 Å². The molecule has 0 spiro atoms. The van der Waals surface area contributed by atoms with Crippen molar-refractivity contribution in [3.8, 4) is 0 Å². The fraction of sp³-hybridized carbons (Fsp3) is 0.467. The van der Waals surface area contributed by atoms with Crippen LogP contribution in [-0.2, 0) is 11.9 Å². The lowest BCUT2D eigenvalue weighted by Crippen LogP contribution is -2.10. The van der Waals surface area contributed by atoms with E-state index in [0.29, 0.717) is 9.58 Å². The molecule has 0 N–H and O–H groups in total. The van der Waals surface area contributed by atoms with Crippen molar-refractivity contribution in [2.75, 3.05) is 0 Å². The molecule has 0 aliphatic heterocycles. The second kappa shape index (κ2) is 4.51. The van der Waals surface area contributed by atoms with Gasteiger partial charge in [-0.05, 0) is 37.0 Å². The molecular weight excluding hydrogens is 269 g/mol. The average Bonchev–Trinajstić information content (AvgIpc) is 2.63. The minimum absolute atomic E-state index is 0.155. The Morgan fingerprint density at radius 1 is 1.21 bits per heavy atom. The van der Waals surface area contributed by atoms with Crippen LogP contribution in [0, 0.1) is 0 Å². The van der Waals surface area contributed by atoms with E-state index in [0.717, 1.165) is 36.6 Å². The van der Waals surface area contributed by atoms with Gasteiger partial charge in [-0.25, -0.2) is 0 Å². The first kappa shape index (κ1) is 13.0. The zero-order valence-corrected chi connectivity index (χ0v) is 11.6. The van der Waals surface area contributed by atoms with Gasteiger partial charge in [0.15, 0.2) is 9.58 Å². The van der Waals surface area contributed by atoms with Crippen molar-refractivity contribution in [3.63, 3.8) is 0 Å². The fourth-order valence-electron chi connectivity index (χ4n) is 2.69. The maximum atomic E-state index is 13.4. The Bertz CT molecular complexity index is 606. The first-order valence-corrected chi connectivity index (χ1v) is 7.89. The van der Waals surface area contributed by atoms with Crippen LogP contribution >= 0.6 is 10.5 Å². The highest BCUT2D eigenvalue weighted by Gasteiger charge is 2.50. The molecule has 1 atom stereocenters. The van der Waals surface area contributed by atoms with E-state index in [1.807, 2.05) is 25.1 Å². The van der Waals surface area contributed by atoms with Gasteiger partial charge in [0.1, 0.15) is 0 Å². The molecule has 0 amide bonds. The van der Waals surface area contributed by atoms with Crippen LogP contribution in [0.25, 0.3) is 10.1 Å². The van der Waals surface area contributed by atoms with Crippen molar-refractivity contribution in [1.29, 1.82) is 0 Å². The Morgan fingerprint density at radius 2 is 1.95 bits per heavy atom. The van der Waals surface area contributed by atoms with E-state index < -0.39 is 16.0 Å². The van der Waals surface area contributed by atoms with Gasteiger partial charge in [-0.3, -0.25) is 0 Å². The lowest BCUT2D eigenvalue weighted by Gasteiger charge is -2.21. The van der Waals surface area contributed by atoms with Gasteiger partial charge >= 0.3 is 5.51 Å². The molecule has 1 saturated carbocycles. The number of benzene rings is 1. The maximum absolute atomic E-state index is 13.4. The summed E-state index contributed by atoms with van der Waals surface area (Å²) in [5.41, 5.74) is -3.03. The molecule has 2 aromatic rings. The van der Waals surface area contributed by atoms with E-state index in [1.165, 1.54) is 0 Å². The van der Waals surface area contributed by atoms with Gasteiger partial charge in [0.05, 0.1) is 10.5 Å². The Morgan fingerprint density at radius 3 is 2.47 bits per heavy atom. The molecule has 1 fully saturated rings. The highest BCUT2D eigenvalue weighted by molar-refractivity contribution is 7.38. The smallest absolute Gasteiger partial charge is 0.118 e. The van der Waals surface area contributed by atoms with Crippen LogP contribution in [0.4, 0.5) is 13.2 Å². The number of rotatable bonds is 2. The topological polar surface area (TPSA) is 0 Å². The summed E-state index contributed by atoms with van der Waals surface area (Å²) in [7, 11) is -1.69. The Kier molecular flexibility index (Phi) is 3.08. The van der Waals surface area contributed by atoms with Crippen LogP contribution in [0.1, 0.15) is 42.5 Å². The van der Waals surface area contributed by atoms with E-state index in [-0.39, 0.29) is 5.92 Å². The summed E-state index contributed by atoms with van der Waals surface area (Å²) in [6.45, 7) is 2.02. The van der Waals surface area contributed by atoms with Gasteiger partial charge in [0, 0.05) is 17.4 Å². The molecule has 102 valence electrons. The maximum Gasteiger partial charge on any atom is 0.600 e. The van der Waals surface area contributed by atoms with E-state index in [2.05, 4.69) is 0 Å². The van der Waals surface area contributed by atoms with Crippen LogP contribution in [-0.4, -0.2) is 0 Å². The van der Waals surface area contributed by atoms with Gasteiger partial charge in [0.25, 0.3) is 0 Å². The van der Waals surface area contributed by atoms with Crippen molar-refractivity contribution in [2.45, 2.75) is 44.0 Å². The lowest BCUT2D eigenvalue weighted by atomic mass is 9.84. The van der Waals surface area contributed by atoms with Crippen LogP contribution in [0.3, 0.4) is 0 Å². The quantitative estimate of drug-likeness (QED) is 0.603. The van der Waals surface area contributed by atoms with Crippen molar-refractivity contribution in [1.82, 2.24) is 0 Å². The number of hydrogen-bond donors (Lipinski definition) is 0. The van der Waals surface area contributed by atoms with Crippen molar-refractivity contribution in [2.24, 2.45) is 0 Å². The molecule has 1 heterocycles. The van der Waals surface area contributed by atoms with E-state index in [9.17, 15) is 13.2 Å². The Hall–Kier alpha value is -1.03. The molecule has 1 aromatic carbocycles. The normalized spacial score (nSPS) is 17.8. The standard InChI is InChI=1S/C15H16F3S/c1-2-10-6-7-13-12(8-10)9-14(11-4-3-5-11)19(13)15(16,17)18/h6-9,11H,2-5H2,1H3/q+1. The van der Waals surface area contributed by atoms with E-state index in [1.54, 1.807) is 6.07 Å². The summed E-state index contributed by atoms with van der Waals surface area (Å²) in [4.78, 5) is 0.627. The molecule has 0 nitrogen and oxygen atoms in total. The lowest BCUT2D eigenvalue weighted by molar-refractivity contribution is -0.0868. The van der Waals surface area contributed by atoms with Gasteiger partial charge in [-0.15, -0.1) is 13.2 Å². The second-order valence-corrected chi connectivity index (χ2v) is 7.14. The number of alkyl halides is 3. The molecule has 1 aliphatic rings. The molecule has 1 aliphatic carbocycles. The van der Waals surface area contributed by atoms with Gasteiger partial charge < -0.3 is 0 Å². The average molecular weight is 285 g/mol. The Labute approximate surface area is 113 Å². The van der Waals surface area contributed by atoms with Crippen LogP contribution in [0.15, 0.2) is 24.3 Å². The molecule has 0 bridgehead atoms. The summed E-state index contributed by atoms with van der Waals surface area (Å²) in [5, 5.41) is 0.793. The predicted molar refractivity (Wildman–Crippen MR) is 73.7 cm³/mol. The summed E-state index contributed by atoms with van der Waals surface area (Å²) < 4.78 is 40.6. The number of thiophene rings is 1. The molecule has 1 aromatic heterocycles. The third-order valence-corrected chi connectivity index (χ3v) is 6.17. The first-order valence-electron chi connectivity index (χ1n) is 6.66. The molecule has 4 heteroatoms. The van der Waals surface area contributed by atoms with Crippen molar-refractivity contribution < 1.29 is 13.2 Å². The SMILES string of the molecule is CCc1ccc2c(c1)cc(C1CCC1)[s+]2C(F)(F)F. The largest absolute Gasteiger partial charge is 0.600 e. The third kappa shape index (κ3) is 2.16. The number of halogens is 3. The summed E-state index contributed by atoms with van der Waals surface area (Å²) in [6, 6.07) is 7.26. The summed E-state index contributed by atoms with van der Waals surface area (Å²) in [6.07, 6.45) is 3.76. The van der Waals surface area contributed by atoms with Crippen LogP contribution in [0.2, 0.25) is 0 Å². The summed E-state index contributed by atoms with van der Waals surface area (Å²) in [5.74, 6) is 0.155. The zero-order chi connectivity index (χ0) is 13.6. The minimum Gasteiger partial charge on any atom is -0.118 e. The van der Waals surface area contributed by atoms with Gasteiger partial charge in [-0.1, -0.05) is 19.4 Å². The fourth-order valence-corrected chi connectivity index (χ4v) is 4.83. The van der Waals surface area contributed by atoms with E-state index in [4.69, 9.17) is 0 Å². The Balaban J connectivity index is 2.22. The zero-order valence-electron chi connectivity index (χ0n) is 10.8. The molecule has 0 radical (unpaired) electrons. The molecule has 19 heavy (non-hydrogen) atoms. The monoisotopic (exact) mass is 285 g/mol. The minimum atomic E-state index is -4.14. The van der Waals surface area contributed by atoms with E-state index >= 15 is 0 Å². The molecule has 3 rings (SSSR count). The molecule has 0 saturated heterocycles. The molecule has 1 unspecified atom stereocenters. The second-order valence-electron chi connectivity index (χ2n) is 5.15. The van der Waals surface area contributed by atoms with Crippen LogP contribution < -0.4 is 0 Å². The van der Waals surface area contributed by atoms with Gasteiger partial charge in [-0.2, -0.15) is 0 Å². The number of hydrogen-bond acceptors (Lipinski definition) is 0. The third-order valence-electron chi connectivity index (χ3n) is 3.97. The first-order chi connectivity index (χ1) is 9.00.